The Kier molecular flexibility index (Phi) is 7.38. The van der Waals surface area contributed by atoms with Crippen LogP contribution in [0.3, 0.4) is 0 Å². The van der Waals surface area contributed by atoms with Gasteiger partial charge in [-0.15, -0.1) is 0 Å². The summed E-state index contributed by atoms with van der Waals surface area (Å²) in [5.74, 6) is -1.44. The Morgan fingerprint density at radius 3 is 2.12 bits per heavy atom. The van der Waals surface area contributed by atoms with E-state index < -0.39 is 12.1 Å². The molecule has 2 N–H and O–H groups in total. The van der Waals surface area contributed by atoms with Crippen LogP contribution in [0.25, 0.3) is 0 Å². The summed E-state index contributed by atoms with van der Waals surface area (Å²) in [7, 11) is 0. The molecule has 1 aromatic carbocycles. The summed E-state index contributed by atoms with van der Waals surface area (Å²) in [5.41, 5.74) is 0.403. The number of esters is 1. The minimum Gasteiger partial charge on any atom is -0.479 e. The van der Waals surface area contributed by atoms with E-state index in [0.29, 0.717) is 12.2 Å². The van der Waals surface area contributed by atoms with Gasteiger partial charge in [-0.1, -0.05) is 30.3 Å². The summed E-state index contributed by atoms with van der Waals surface area (Å²) < 4.78 is 4.40. The molecule has 0 spiro atoms. The Balaban J connectivity index is 0.000000366. The van der Waals surface area contributed by atoms with Gasteiger partial charge >= 0.3 is 11.9 Å². The Bertz CT molecular complexity index is 347. The topological polar surface area (TPSA) is 83.8 Å². The lowest BCUT2D eigenvalue weighted by molar-refractivity contribution is -0.147. The van der Waals surface area contributed by atoms with Gasteiger partial charge in [-0.05, 0) is 12.5 Å². The molecule has 5 nitrogen and oxygen atoms in total. The molecule has 0 saturated carbocycles. The molecule has 5 heteroatoms. The van der Waals surface area contributed by atoms with Crippen LogP contribution >= 0.6 is 0 Å². The van der Waals surface area contributed by atoms with E-state index in [1.807, 2.05) is 0 Å². The SMILES string of the molecule is CCOC(C)=O.O=C(O)C(O)c1ccccc1. The maximum atomic E-state index is 10.2. The Morgan fingerprint density at radius 1 is 1.29 bits per heavy atom. The maximum absolute atomic E-state index is 10.2. The summed E-state index contributed by atoms with van der Waals surface area (Å²) in [6.45, 7) is 3.65. The Labute approximate surface area is 99.7 Å². The van der Waals surface area contributed by atoms with Crippen molar-refractivity contribution in [1.82, 2.24) is 0 Å². The van der Waals surface area contributed by atoms with Crippen molar-refractivity contribution in [3.8, 4) is 0 Å². The first-order valence-electron chi connectivity index (χ1n) is 5.08. The first-order valence-corrected chi connectivity index (χ1v) is 5.08. The number of carbonyl (C=O) groups excluding carboxylic acids is 1. The third-order valence-corrected chi connectivity index (χ3v) is 1.70. The highest BCUT2D eigenvalue weighted by molar-refractivity contribution is 5.73. The smallest absolute Gasteiger partial charge is 0.337 e. The van der Waals surface area contributed by atoms with Crippen molar-refractivity contribution in [2.75, 3.05) is 6.61 Å². The number of rotatable bonds is 3. The average molecular weight is 240 g/mol. The number of benzene rings is 1. The second kappa shape index (κ2) is 8.29. The number of aliphatic hydroxyl groups is 1. The zero-order valence-corrected chi connectivity index (χ0v) is 9.79. The largest absolute Gasteiger partial charge is 0.479 e. The number of aliphatic hydroxyl groups excluding tert-OH is 1. The Hall–Kier alpha value is -1.88. The molecule has 0 aliphatic rings. The predicted molar refractivity (Wildman–Crippen MR) is 61.3 cm³/mol. The van der Waals surface area contributed by atoms with Gasteiger partial charge in [0.2, 0.25) is 0 Å². The normalized spacial score (nSPS) is 10.8. The number of hydrogen-bond donors (Lipinski definition) is 2. The van der Waals surface area contributed by atoms with E-state index in [1.165, 1.54) is 6.92 Å². The maximum Gasteiger partial charge on any atom is 0.337 e. The van der Waals surface area contributed by atoms with Gasteiger partial charge in [-0.2, -0.15) is 0 Å². The molecule has 1 rings (SSSR count). The van der Waals surface area contributed by atoms with Crippen LogP contribution in [0.4, 0.5) is 0 Å². The number of carbonyl (C=O) groups is 2. The van der Waals surface area contributed by atoms with Gasteiger partial charge in [0.15, 0.2) is 6.10 Å². The van der Waals surface area contributed by atoms with Crippen LogP contribution < -0.4 is 0 Å². The molecule has 0 radical (unpaired) electrons. The number of hydrogen-bond acceptors (Lipinski definition) is 4. The van der Waals surface area contributed by atoms with E-state index in [4.69, 9.17) is 10.2 Å². The molecule has 1 aromatic rings. The minimum absolute atomic E-state index is 0.211. The lowest BCUT2D eigenvalue weighted by Crippen LogP contribution is -2.09. The van der Waals surface area contributed by atoms with Crippen molar-refractivity contribution < 1.29 is 24.5 Å². The molecular formula is C12H16O5. The van der Waals surface area contributed by atoms with Crippen LogP contribution in [0.5, 0.6) is 0 Å². The zero-order valence-electron chi connectivity index (χ0n) is 9.79. The molecule has 0 aromatic heterocycles. The number of carboxylic acid groups (broad SMARTS) is 1. The molecule has 94 valence electrons. The molecule has 17 heavy (non-hydrogen) atoms. The van der Waals surface area contributed by atoms with Gasteiger partial charge in [0.25, 0.3) is 0 Å². The molecule has 0 aliphatic heterocycles. The molecular weight excluding hydrogens is 224 g/mol. The minimum atomic E-state index is -1.41. The van der Waals surface area contributed by atoms with Crippen LogP contribution in [-0.2, 0) is 14.3 Å². The number of ether oxygens (including phenoxy) is 1. The van der Waals surface area contributed by atoms with Gasteiger partial charge in [0.05, 0.1) is 6.61 Å². The van der Waals surface area contributed by atoms with Crippen LogP contribution in [0.1, 0.15) is 25.5 Å². The highest BCUT2D eigenvalue weighted by atomic mass is 16.5. The van der Waals surface area contributed by atoms with Gasteiger partial charge in [0.1, 0.15) is 0 Å². The van der Waals surface area contributed by atoms with E-state index in [-0.39, 0.29) is 5.97 Å². The molecule has 0 aliphatic carbocycles. The highest BCUT2D eigenvalue weighted by Gasteiger charge is 2.14. The van der Waals surface area contributed by atoms with Gasteiger partial charge in [0, 0.05) is 6.92 Å². The van der Waals surface area contributed by atoms with E-state index >= 15 is 0 Å². The third-order valence-electron chi connectivity index (χ3n) is 1.70. The monoisotopic (exact) mass is 240 g/mol. The van der Waals surface area contributed by atoms with Gasteiger partial charge < -0.3 is 14.9 Å². The van der Waals surface area contributed by atoms with E-state index in [0.717, 1.165) is 0 Å². The molecule has 1 atom stereocenters. The highest BCUT2D eigenvalue weighted by Crippen LogP contribution is 2.10. The zero-order chi connectivity index (χ0) is 13.3. The quantitative estimate of drug-likeness (QED) is 0.779. The summed E-state index contributed by atoms with van der Waals surface area (Å²) in [4.78, 5) is 20.1. The van der Waals surface area contributed by atoms with Gasteiger partial charge in [-0.3, -0.25) is 4.79 Å². The molecule has 0 bridgehead atoms. The van der Waals surface area contributed by atoms with Crippen molar-refractivity contribution in [2.24, 2.45) is 0 Å². The summed E-state index contributed by atoms with van der Waals surface area (Å²) >= 11 is 0. The second-order valence-corrected chi connectivity index (χ2v) is 3.08. The third kappa shape index (κ3) is 7.08. The van der Waals surface area contributed by atoms with Crippen LogP contribution in [0.2, 0.25) is 0 Å². The van der Waals surface area contributed by atoms with Crippen molar-refractivity contribution in [1.29, 1.82) is 0 Å². The second-order valence-electron chi connectivity index (χ2n) is 3.08. The summed E-state index contributed by atoms with van der Waals surface area (Å²) in [6, 6.07) is 8.26. The molecule has 1 unspecified atom stereocenters. The van der Waals surface area contributed by atoms with Crippen LogP contribution in [-0.4, -0.2) is 28.8 Å². The lowest BCUT2D eigenvalue weighted by atomic mass is 10.1. The number of carboxylic acids is 1. The van der Waals surface area contributed by atoms with Crippen molar-refractivity contribution >= 4 is 11.9 Å². The molecule has 0 fully saturated rings. The summed E-state index contributed by atoms with van der Waals surface area (Å²) in [6.07, 6.45) is -1.41. The van der Waals surface area contributed by atoms with E-state index in [9.17, 15) is 9.59 Å². The molecule has 0 saturated heterocycles. The van der Waals surface area contributed by atoms with Crippen LogP contribution in [0.15, 0.2) is 30.3 Å². The van der Waals surface area contributed by atoms with Crippen molar-refractivity contribution in [3.63, 3.8) is 0 Å². The van der Waals surface area contributed by atoms with Gasteiger partial charge in [-0.25, -0.2) is 4.79 Å². The van der Waals surface area contributed by atoms with Crippen molar-refractivity contribution in [2.45, 2.75) is 20.0 Å². The first-order chi connectivity index (χ1) is 7.99. The fraction of sp³-hybridized carbons (Fsp3) is 0.333. The molecule has 0 heterocycles. The van der Waals surface area contributed by atoms with Crippen molar-refractivity contribution in [3.05, 3.63) is 35.9 Å². The fourth-order valence-corrected chi connectivity index (χ4v) is 0.981. The van der Waals surface area contributed by atoms with Crippen LogP contribution in [0, 0.1) is 0 Å². The average Bonchev–Trinajstić information content (AvgIpc) is 2.29. The Morgan fingerprint density at radius 2 is 1.82 bits per heavy atom. The van der Waals surface area contributed by atoms with E-state index in [2.05, 4.69) is 4.74 Å². The summed E-state index contributed by atoms with van der Waals surface area (Å²) in [5, 5.41) is 17.4. The molecule has 0 amide bonds. The fourth-order valence-electron chi connectivity index (χ4n) is 0.981. The first kappa shape index (κ1) is 15.1. The predicted octanol–water partition coefficient (Wildman–Crippen LogP) is 1.37. The lowest BCUT2D eigenvalue weighted by Gasteiger charge is -2.03. The van der Waals surface area contributed by atoms with E-state index in [1.54, 1.807) is 37.3 Å². The number of aliphatic carboxylic acids is 1. The standard InChI is InChI=1S/C8H8O3.C4H8O2/c9-7(8(10)11)6-4-2-1-3-5-6;1-3-6-4(2)5/h1-5,7,9H,(H,10,11);3H2,1-2H3.